The molecule has 0 bridgehead atoms. The van der Waals surface area contributed by atoms with Crippen molar-refractivity contribution < 1.29 is 0 Å². The SMILES string of the molecule is Cc1ccc(-c2ccccc2CN)cn1. The lowest BCUT2D eigenvalue weighted by atomic mass is 10.0. The van der Waals surface area contributed by atoms with E-state index in [-0.39, 0.29) is 0 Å². The van der Waals surface area contributed by atoms with Crippen molar-refractivity contribution in [1.82, 2.24) is 4.98 Å². The lowest BCUT2D eigenvalue weighted by molar-refractivity contribution is 1.07. The second-order valence-electron chi connectivity index (χ2n) is 3.55. The highest BCUT2D eigenvalue weighted by atomic mass is 14.7. The Balaban J connectivity index is 2.49. The summed E-state index contributed by atoms with van der Waals surface area (Å²) < 4.78 is 0. The number of hydrogen-bond acceptors (Lipinski definition) is 2. The quantitative estimate of drug-likeness (QED) is 0.805. The van der Waals surface area contributed by atoms with Gasteiger partial charge in [-0.15, -0.1) is 0 Å². The van der Waals surface area contributed by atoms with Crippen molar-refractivity contribution in [3.05, 3.63) is 53.9 Å². The maximum Gasteiger partial charge on any atom is 0.0373 e. The van der Waals surface area contributed by atoms with Gasteiger partial charge in [0, 0.05) is 24.0 Å². The van der Waals surface area contributed by atoms with E-state index in [9.17, 15) is 0 Å². The van der Waals surface area contributed by atoms with Gasteiger partial charge in [0.15, 0.2) is 0 Å². The monoisotopic (exact) mass is 198 g/mol. The van der Waals surface area contributed by atoms with Gasteiger partial charge < -0.3 is 5.73 Å². The largest absolute Gasteiger partial charge is 0.326 e. The first-order valence-corrected chi connectivity index (χ1v) is 5.02. The van der Waals surface area contributed by atoms with E-state index in [0.29, 0.717) is 6.54 Å². The molecule has 0 aliphatic heterocycles. The maximum atomic E-state index is 5.70. The molecule has 0 amide bonds. The molecule has 0 aliphatic carbocycles. The molecule has 1 heterocycles. The highest BCUT2D eigenvalue weighted by Crippen LogP contribution is 2.22. The van der Waals surface area contributed by atoms with Crippen molar-refractivity contribution in [3.8, 4) is 11.1 Å². The molecule has 15 heavy (non-hydrogen) atoms. The van der Waals surface area contributed by atoms with Gasteiger partial charge in [-0.1, -0.05) is 30.3 Å². The third-order valence-corrected chi connectivity index (χ3v) is 2.46. The molecule has 2 rings (SSSR count). The van der Waals surface area contributed by atoms with Gasteiger partial charge in [-0.2, -0.15) is 0 Å². The average Bonchev–Trinajstić information content (AvgIpc) is 2.30. The molecule has 0 unspecified atom stereocenters. The summed E-state index contributed by atoms with van der Waals surface area (Å²) in [5, 5.41) is 0. The van der Waals surface area contributed by atoms with Gasteiger partial charge in [-0.3, -0.25) is 4.98 Å². The minimum Gasteiger partial charge on any atom is -0.326 e. The molecular weight excluding hydrogens is 184 g/mol. The zero-order valence-corrected chi connectivity index (χ0v) is 8.77. The fraction of sp³-hybridized carbons (Fsp3) is 0.154. The fourth-order valence-corrected chi connectivity index (χ4v) is 1.61. The third kappa shape index (κ3) is 2.05. The molecule has 0 saturated carbocycles. The predicted octanol–water partition coefficient (Wildman–Crippen LogP) is 2.52. The van der Waals surface area contributed by atoms with Gasteiger partial charge >= 0.3 is 0 Å². The van der Waals surface area contributed by atoms with Crippen LogP contribution in [0.15, 0.2) is 42.6 Å². The fourth-order valence-electron chi connectivity index (χ4n) is 1.61. The third-order valence-electron chi connectivity index (χ3n) is 2.46. The predicted molar refractivity (Wildman–Crippen MR) is 62.3 cm³/mol. The molecule has 1 aromatic heterocycles. The van der Waals surface area contributed by atoms with E-state index in [2.05, 4.69) is 23.2 Å². The van der Waals surface area contributed by atoms with Crippen LogP contribution in [0.3, 0.4) is 0 Å². The summed E-state index contributed by atoms with van der Waals surface area (Å²) in [5.74, 6) is 0. The Hall–Kier alpha value is -1.67. The standard InChI is InChI=1S/C13H14N2/c1-10-6-7-12(9-15-10)13-5-3-2-4-11(13)8-14/h2-7,9H,8,14H2,1H3. The Kier molecular flexibility index (Phi) is 2.79. The molecular formula is C13H14N2. The molecule has 76 valence electrons. The molecule has 0 aliphatic rings. The molecule has 2 heteroatoms. The van der Waals surface area contributed by atoms with Crippen LogP contribution in [0.25, 0.3) is 11.1 Å². The number of nitrogens with two attached hydrogens (primary N) is 1. The smallest absolute Gasteiger partial charge is 0.0373 e. The minimum atomic E-state index is 0.560. The first-order valence-electron chi connectivity index (χ1n) is 5.02. The van der Waals surface area contributed by atoms with Crippen LogP contribution in [0, 0.1) is 6.92 Å². The van der Waals surface area contributed by atoms with Crippen molar-refractivity contribution in [3.63, 3.8) is 0 Å². The normalized spacial score (nSPS) is 10.3. The van der Waals surface area contributed by atoms with Crippen LogP contribution in [0.2, 0.25) is 0 Å². The van der Waals surface area contributed by atoms with Crippen LogP contribution in [-0.2, 0) is 6.54 Å². The van der Waals surface area contributed by atoms with E-state index in [1.807, 2.05) is 31.3 Å². The zero-order valence-electron chi connectivity index (χ0n) is 8.77. The number of nitrogens with zero attached hydrogens (tertiary/aromatic N) is 1. The van der Waals surface area contributed by atoms with Crippen LogP contribution >= 0.6 is 0 Å². The van der Waals surface area contributed by atoms with Crippen LogP contribution in [0.1, 0.15) is 11.3 Å². The van der Waals surface area contributed by atoms with Crippen molar-refractivity contribution in [2.24, 2.45) is 5.73 Å². The van der Waals surface area contributed by atoms with E-state index >= 15 is 0 Å². The van der Waals surface area contributed by atoms with Gasteiger partial charge in [0.2, 0.25) is 0 Å². The van der Waals surface area contributed by atoms with Gasteiger partial charge in [0.05, 0.1) is 0 Å². The second kappa shape index (κ2) is 4.24. The summed E-state index contributed by atoms with van der Waals surface area (Å²) in [6.07, 6.45) is 1.89. The van der Waals surface area contributed by atoms with Crippen LogP contribution in [-0.4, -0.2) is 4.98 Å². The Morgan fingerprint density at radius 2 is 1.93 bits per heavy atom. The Bertz CT molecular complexity index is 446. The molecule has 0 saturated heterocycles. The number of aromatic nitrogens is 1. The highest BCUT2D eigenvalue weighted by molar-refractivity contribution is 5.66. The van der Waals surface area contributed by atoms with Crippen molar-refractivity contribution >= 4 is 0 Å². The van der Waals surface area contributed by atoms with Crippen molar-refractivity contribution in [1.29, 1.82) is 0 Å². The van der Waals surface area contributed by atoms with Gasteiger partial charge in [0.25, 0.3) is 0 Å². The summed E-state index contributed by atoms with van der Waals surface area (Å²) in [6.45, 7) is 2.54. The van der Waals surface area contributed by atoms with E-state index in [1.54, 1.807) is 0 Å². The van der Waals surface area contributed by atoms with E-state index < -0.39 is 0 Å². The average molecular weight is 198 g/mol. The number of pyridine rings is 1. The first-order chi connectivity index (χ1) is 7.31. The Morgan fingerprint density at radius 3 is 2.60 bits per heavy atom. The summed E-state index contributed by atoms with van der Waals surface area (Å²) in [4.78, 5) is 4.29. The number of rotatable bonds is 2. The number of aryl methyl sites for hydroxylation is 1. The Labute approximate surface area is 89.8 Å². The number of hydrogen-bond donors (Lipinski definition) is 1. The second-order valence-corrected chi connectivity index (χ2v) is 3.55. The van der Waals surface area contributed by atoms with Crippen LogP contribution in [0.4, 0.5) is 0 Å². The molecule has 2 nitrogen and oxygen atoms in total. The van der Waals surface area contributed by atoms with Crippen LogP contribution < -0.4 is 5.73 Å². The highest BCUT2D eigenvalue weighted by Gasteiger charge is 2.02. The molecule has 0 atom stereocenters. The molecule has 2 N–H and O–H groups in total. The summed E-state index contributed by atoms with van der Waals surface area (Å²) >= 11 is 0. The topological polar surface area (TPSA) is 38.9 Å². The zero-order chi connectivity index (χ0) is 10.7. The maximum absolute atomic E-state index is 5.70. The lowest BCUT2D eigenvalue weighted by Crippen LogP contribution is -1.98. The molecule has 0 radical (unpaired) electrons. The van der Waals surface area contributed by atoms with Gasteiger partial charge in [-0.05, 0) is 24.1 Å². The van der Waals surface area contributed by atoms with Crippen LogP contribution in [0.5, 0.6) is 0 Å². The van der Waals surface area contributed by atoms with Crippen molar-refractivity contribution in [2.75, 3.05) is 0 Å². The molecule has 1 aromatic carbocycles. The molecule has 0 fully saturated rings. The summed E-state index contributed by atoms with van der Waals surface area (Å²) in [7, 11) is 0. The minimum absolute atomic E-state index is 0.560. The Morgan fingerprint density at radius 1 is 1.13 bits per heavy atom. The summed E-state index contributed by atoms with van der Waals surface area (Å²) in [6, 6.07) is 12.3. The molecule has 0 spiro atoms. The van der Waals surface area contributed by atoms with Gasteiger partial charge in [-0.25, -0.2) is 0 Å². The lowest BCUT2D eigenvalue weighted by Gasteiger charge is -2.07. The number of benzene rings is 1. The first kappa shape index (κ1) is 9.87. The van der Waals surface area contributed by atoms with Gasteiger partial charge in [0.1, 0.15) is 0 Å². The van der Waals surface area contributed by atoms with E-state index in [1.165, 1.54) is 5.56 Å². The van der Waals surface area contributed by atoms with E-state index in [0.717, 1.165) is 16.8 Å². The molecule has 2 aromatic rings. The van der Waals surface area contributed by atoms with Crippen molar-refractivity contribution in [2.45, 2.75) is 13.5 Å². The summed E-state index contributed by atoms with van der Waals surface area (Å²) in [5.41, 5.74) is 10.2. The van der Waals surface area contributed by atoms with E-state index in [4.69, 9.17) is 5.73 Å².